The number of carbonyl (C=O) groups excluding carboxylic acids is 3. The molecule has 6 aliphatic rings. The van der Waals surface area contributed by atoms with E-state index >= 15 is 0 Å². The van der Waals surface area contributed by atoms with Gasteiger partial charge in [-0.2, -0.15) is 0 Å². The fraction of sp³-hybridized carbons (Fsp3) is 0.640. The number of nitro benzene ring substituents is 1. The summed E-state index contributed by atoms with van der Waals surface area (Å²) in [5.41, 5.74) is -0.115. The lowest BCUT2D eigenvalue weighted by molar-refractivity contribution is -0.384. The number of ether oxygens (including phenoxy) is 1. The van der Waals surface area contributed by atoms with Gasteiger partial charge in [0.1, 0.15) is 12.3 Å². The molecule has 4 aliphatic carbocycles. The number of hydrogen-bond acceptors (Lipinski definition) is 6. The van der Waals surface area contributed by atoms with E-state index < -0.39 is 10.8 Å². The first-order chi connectivity index (χ1) is 16.8. The third kappa shape index (κ3) is 3.83. The van der Waals surface area contributed by atoms with E-state index in [1.165, 1.54) is 42.4 Å². The molecule has 186 valence electrons. The summed E-state index contributed by atoms with van der Waals surface area (Å²) in [7, 11) is 0. The summed E-state index contributed by atoms with van der Waals surface area (Å²) in [5.74, 6) is 2.09. The molecule has 2 aliphatic heterocycles. The zero-order valence-corrected chi connectivity index (χ0v) is 19.7. The molecule has 10 heteroatoms. The summed E-state index contributed by atoms with van der Waals surface area (Å²) in [6.45, 7) is 1.44. The van der Waals surface area contributed by atoms with E-state index in [0.29, 0.717) is 49.7 Å². The summed E-state index contributed by atoms with van der Waals surface area (Å²) >= 11 is 0. The highest BCUT2D eigenvalue weighted by Crippen LogP contribution is 2.60. The van der Waals surface area contributed by atoms with Crippen molar-refractivity contribution in [2.75, 3.05) is 44.2 Å². The molecule has 0 N–H and O–H groups in total. The molecule has 1 aromatic rings. The van der Waals surface area contributed by atoms with Crippen LogP contribution in [0.2, 0.25) is 0 Å². The highest BCUT2D eigenvalue weighted by atomic mass is 16.6. The van der Waals surface area contributed by atoms with Gasteiger partial charge >= 0.3 is 0 Å². The molecule has 7 rings (SSSR count). The van der Waals surface area contributed by atoms with E-state index in [4.69, 9.17) is 4.74 Å². The first-order valence-corrected chi connectivity index (χ1v) is 12.6. The van der Waals surface area contributed by atoms with Crippen molar-refractivity contribution < 1.29 is 24.0 Å². The predicted octanol–water partition coefficient (Wildman–Crippen LogP) is 2.21. The molecule has 5 fully saturated rings. The standard InChI is InChI=1S/C25H30N4O6/c30-22(14-28-20-10-19(29(33)34)1-2-21(20)35-15-23(28)31)26-3-5-27(6-4-26)24(32)25-11-16-7-17(12-25)9-18(8-16)13-25/h1-2,10,16-18H,3-9,11-15H2. The van der Waals surface area contributed by atoms with Crippen LogP contribution in [0.5, 0.6) is 5.75 Å². The van der Waals surface area contributed by atoms with Crippen molar-refractivity contribution in [3.63, 3.8) is 0 Å². The van der Waals surface area contributed by atoms with Gasteiger partial charge in [0.25, 0.3) is 11.6 Å². The van der Waals surface area contributed by atoms with E-state index in [1.54, 1.807) is 4.90 Å². The minimum Gasteiger partial charge on any atom is -0.482 e. The van der Waals surface area contributed by atoms with Crippen LogP contribution in [0.3, 0.4) is 0 Å². The van der Waals surface area contributed by atoms with Crippen molar-refractivity contribution in [1.29, 1.82) is 0 Å². The number of nitro groups is 1. The number of fused-ring (bicyclic) bond motifs is 1. The Bertz CT molecular complexity index is 1060. The summed E-state index contributed by atoms with van der Waals surface area (Å²) in [6.07, 6.45) is 6.97. The molecule has 0 unspecified atom stereocenters. The second kappa shape index (κ2) is 8.20. The van der Waals surface area contributed by atoms with Gasteiger partial charge in [0, 0.05) is 38.3 Å². The van der Waals surface area contributed by atoms with Crippen LogP contribution in [0.4, 0.5) is 11.4 Å². The maximum absolute atomic E-state index is 13.6. The minimum atomic E-state index is -0.542. The first-order valence-electron chi connectivity index (χ1n) is 12.6. The molecule has 3 amide bonds. The number of anilines is 1. The predicted molar refractivity (Wildman–Crippen MR) is 125 cm³/mol. The van der Waals surface area contributed by atoms with Crippen molar-refractivity contribution in [2.24, 2.45) is 23.2 Å². The molecule has 1 saturated heterocycles. The van der Waals surface area contributed by atoms with Gasteiger partial charge in [-0.25, -0.2) is 0 Å². The van der Waals surface area contributed by atoms with Crippen molar-refractivity contribution in [1.82, 2.24) is 9.80 Å². The SMILES string of the molecule is O=C(CN1C(=O)COc2ccc([N+](=O)[O-])cc21)N1CCN(C(=O)C23CC4CC(CC(C4)C2)C3)CC1. The summed E-state index contributed by atoms with van der Waals surface area (Å²) in [4.78, 5) is 54.8. The van der Waals surface area contributed by atoms with E-state index in [9.17, 15) is 24.5 Å². The van der Waals surface area contributed by atoms with Crippen LogP contribution in [0.25, 0.3) is 0 Å². The summed E-state index contributed by atoms with van der Waals surface area (Å²) in [5, 5.41) is 11.2. The van der Waals surface area contributed by atoms with Gasteiger partial charge in [0.2, 0.25) is 11.8 Å². The van der Waals surface area contributed by atoms with Crippen LogP contribution in [0.15, 0.2) is 18.2 Å². The second-order valence-corrected chi connectivity index (χ2v) is 11.0. The smallest absolute Gasteiger partial charge is 0.271 e. The second-order valence-electron chi connectivity index (χ2n) is 11.0. The third-order valence-corrected chi connectivity index (χ3v) is 8.80. The van der Waals surface area contributed by atoms with Crippen LogP contribution in [-0.2, 0) is 14.4 Å². The van der Waals surface area contributed by atoms with Crippen LogP contribution >= 0.6 is 0 Å². The number of nitrogens with zero attached hydrogens (tertiary/aromatic N) is 4. The van der Waals surface area contributed by atoms with Crippen molar-refractivity contribution >= 4 is 29.1 Å². The quantitative estimate of drug-likeness (QED) is 0.480. The van der Waals surface area contributed by atoms with Gasteiger partial charge in [0.15, 0.2) is 6.61 Å². The highest BCUT2D eigenvalue weighted by Gasteiger charge is 2.55. The Morgan fingerprint density at radius 1 is 1.00 bits per heavy atom. The number of hydrogen-bond donors (Lipinski definition) is 0. The van der Waals surface area contributed by atoms with Crippen molar-refractivity contribution in [2.45, 2.75) is 38.5 Å². The van der Waals surface area contributed by atoms with Crippen LogP contribution in [-0.4, -0.2) is 71.8 Å². The lowest BCUT2D eigenvalue weighted by Crippen LogP contribution is -2.59. The fourth-order valence-electron chi connectivity index (χ4n) is 7.58. The van der Waals surface area contributed by atoms with Gasteiger partial charge < -0.3 is 14.5 Å². The number of rotatable bonds is 4. The molecule has 35 heavy (non-hydrogen) atoms. The number of non-ortho nitro benzene ring substituents is 1. The van der Waals surface area contributed by atoms with Gasteiger partial charge in [0.05, 0.1) is 16.0 Å². The van der Waals surface area contributed by atoms with Gasteiger partial charge in [-0.05, 0) is 62.3 Å². The van der Waals surface area contributed by atoms with Gasteiger partial charge in [-0.15, -0.1) is 0 Å². The normalized spacial score (nSPS) is 31.3. The Morgan fingerprint density at radius 3 is 2.20 bits per heavy atom. The molecule has 0 radical (unpaired) electrons. The molecule has 10 nitrogen and oxygen atoms in total. The lowest BCUT2D eigenvalue weighted by atomic mass is 9.49. The molecule has 4 saturated carbocycles. The summed E-state index contributed by atoms with van der Waals surface area (Å²) in [6, 6.07) is 4.03. The summed E-state index contributed by atoms with van der Waals surface area (Å²) < 4.78 is 5.39. The zero-order chi connectivity index (χ0) is 24.3. The molecule has 0 spiro atoms. The Morgan fingerprint density at radius 2 is 1.60 bits per heavy atom. The number of piperazine rings is 1. The molecule has 0 aromatic heterocycles. The van der Waals surface area contributed by atoms with E-state index in [1.807, 2.05) is 4.90 Å². The maximum atomic E-state index is 13.6. The highest BCUT2D eigenvalue weighted by molar-refractivity contribution is 6.02. The molecular formula is C25H30N4O6. The lowest BCUT2D eigenvalue weighted by Gasteiger charge is -2.57. The van der Waals surface area contributed by atoms with E-state index in [0.717, 1.165) is 19.3 Å². The van der Waals surface area contributed by atoms with Gasteiger partial charge in [-0.1, -0.05) is 0 Å². The molecule has 2 heterocycles. The first kappa shape index (κ1) is 22.3. The Kier molecular flexibility index (Phi) is 5.23. The molecule has 1 aromatic carbocycles. The average Bonchev–Trinajstić information content (AvgIpc) is 2.84. The average molecular weight is 483 g/mol. The monoisotopic (exact) mass is 482 g/mol. The number of amides is 3. The number of carbonyl (C=O) groups is 3. The molecule has 4 bridgehead atoms. The zero-order valence-electron chi connectivity index (χ0n) is 19.7. The van der Waals surface area contributed by atoms with Crippen molar-refractivity contribution in [3.8, 4) is 5.75 Å². The maximum Gasteiger partial charge on any atom is 0.271 e. The Balaban J connectivity index is 1.10. The Labute approximate surface area is 203 Å². The third-order valence-electron chi connectivity index (χ3n) is 8.80. The van der Waals surface area contributed by atoms with E-state index in [-0.39, 0.29) is 41.8 Å². The fourth-order valence-corrected chi connectivity index (χ4v) is 7.58. The minimum absolute atomic E-state index is 0.170. The molecular weight excluding hydrogens is 452 g/mol. The molecule has 0 atom stereocenters. The van der Waals surface area contributed by atoms with Crippen LogP contribution < -0.4 is 9.64 Å². The van der Waals surface area contributed by atoms with Crippen LogP contribution in [0, 0.1) is 33.3 Å². The van der Waals surface area contributed by atoms with Crippen LogP contribution in [0.1, 0.15) is 38.5 Å². The van der Waals surface area contributed by atoms with E-state index in [2.05, 4.69) is 0 Å². The van der Waals surface area contributed by atoms with Crippen molar-refractivity contribution in [3.05, 3.63) is 28.3 Å². The topological polar surface area (TPSA) is 113 Å². The Hall–Kier alpha value is -3.17. The van der Waals surface area contributed by atoms with Gasteiger partial charge in [-0.3, -0.25) is 29.4 Å². The number of benzene rings is 1. The largest absolute Gasteiger partial charge is 0.482 e.